The highest BCUT2D eigenvalue weighted by Gasteiger charge is 2.27. The number of nitrogen functional groups attached to an aromatic ring is 2. The maximum atomic E-state index is 12.8. The van der Waals surface area contributed by atoms with E-state index in [0.717, 1.165) is 22.0 Å². The summed E-state index contributed by atoms with van der Waals surface area (Å²) in [6.45, 7) is 2.03. The van der Waals surface area contributed by atoms with E-state index in [1.807, 2.05) is 18.2 Å². The van der Waals surface area contributed by atoms with Gasteiger partial charge in [-0.1, -0.05) is 0 Å². The van der Waals surface area contributed by atoms with Crippen LogP contribution in [0.2, 0.25) is 0 Å². The van der Waals surface area contributed by atoms with Gasteiger partial charge in [-0.3, -0.25) is 15.6 Å². The van der Waals surface area contributed by atoms with Crippen LogP contribution < -0.4 is 11.5 Å². The predicted molar refractivity (Wildman–Crippen MR) is 120 cm³/mol. The quantitative estimate of drug-likeness (QED) is 0.177. The Labute approximate surface area is 178 Å². The van der Waals surface area contributed by atoms with Gasteiger partial charge in [0, 0.05) is 39.5 Å². The van der Waals surface area contributed by atoms with Gasteiger partial charge in [0.05, 0.1) is 6.61 Å². The number of nitrogens with two attached hydrogens (primary N) is 2. The molecule has 7 N–H and O–H groups in total. The van der Waals surface area contributed by atoms with Crippen LogP contribution in [0.25, 0.3) is 21.9 Å². The molecular formula is C23H23N5O3. The number of benzene rings is 2. The minimum Gasteiger partial charge on any atom is -0.465 e. The van der Waals surface area contributed by atoms with E-state index < -0.39 is 5.92 Å². The highest BCUT2D eigenvalue weighted by Crippen LogP contribution is 2.30. The second-order valence-corrected chi connectivity index (χ2v) is 7.33. The topological polar surface area (TPSA) is 155 Å². The molecule has 0 aliphatic heterocycles. The minimum atomic E-state index is -0.645. The smallest absolute Gasteiger partial charge is 0.317 e. The standard InChI is InChI=1S/C23H23N5O3/c1-2-30-23(29)17(20-10-15-8-13(22(26)27)4-6-19(15)31-20)11-16-9-14-7-12(21(24)25)3-5-18(14)28-16/h3-10,17,28H,2,11H2,1H3,(H3,24,25)(H3,26,27). The molecule has 0 saturated carbocycles. The maximum absolute atomic E-state index is 12.8. The number of rotatable bonds is 7. The van der Waals surface area contributed by atoms with Gasteiger partial charge in [-0.15, -0.1) is 0 Å². The number of ether oxygens (including phenoxy) is 1. The average molecular weight is 417 g/mol. The number of H-pyrrole nitrogens is 1. The number of furan rings is 1. The molecule has 4 rings (SSSR count). The number of aromatic amines is 1. The van der Waals surface area contributed by atoms with E-state index in [4.69, 9.17) is 31.4 Å². The molecule has 2 aromatic carbocycles. The van der Waals surface area contributed by atoms with Gasteiger partial charge in [0.15, 0.2) is 0 Å². The SMILES string of the molecule is CCOC(=O)C(Cc1cc2cc(C(=N)N)ccc2[nH]1)c1cc2cc(C(=N)N)ccc2o1. The van der Waals surface area contributed by atoms with E-state index in [2.05, 4.69) is 4.98 Å². The summed E-state index contributed by atoms with van der Waals surface area (Å²) in [5, 5.41) is 16.9. The van der Waals surface area contributed by atoms with Gasteiger partial charge >= 0.3 is 5.97 Å². The molecule has 0 spiro atoms. The Morgan fingerprint density at radius 3 is 2.39 bits per heavy atom. The number of esters is 1. The Hall–Kier alpha value is -4.07. The Morgan fingerprint density at radius 1 is 1.03 bits per heavy atom. The van der Waals surface area contributed by atoms with Crippen molar-refractivity contribution in [2.45, 2.75) is 19.3 Å². The van der Waals surface area contributed by atoms with Crippen LogP contribution in [0.5, 0.6) is 0 Å². The molecule has 0 saturated heterocycles. The van der Waals surface area contributed by atoms with E-state index in [1.165, 1.54) is 0 Å². The Balaban J connectivity index is 1.71. The molecule has 4 aromatic rings. The summed E-state index contributed by atoms with van der Waals surface area (Å²) in [6, 6.07) is 14.4. The summed E-state index contributed by atoms with van der Waals surface area (Å²) in [5.41, 5.74) is 14.7. The number of nitrogens with one attached hydrogen (secondary N) is 3. The Kier molecular flexibility index (Phi) is 5.21. The van der Waals surface area contributed by atoms with Gasteiger partial charge in [-0.25, -0.2) is 0 Å². The highest BCUT2D eigenvalue weighted by molar-refractivity contribution is 5.99. The van der Waals surface area contributed by atoms with Crippen molar-refractivity contribution >= 4 is 39.5 Å². The molecule has 0 aliphatic rings. The lowest BCUT2D eigenvalue weighted by molar-refractivity contribution is -0.145. The van der Waals surface area contributed by atoms with E-state index >= 15 is 0 Å². The molecule has 0 fully saturated rings. The molecule has 158 valence electrons. The first-order chi connectivity index (χ1) is 14.9. The summed E-state index contributed by atoms with van der Waals surface area (Å²) in [7, 11) is 0. The molecule has 2 aromatic heterocycles. The molecule has 31 heavy (non-hydrogen) atoms. The number of hydrogen-bond donors (Lipinski definition) is 5. The van der Waals surface area contributed by atoms with Crippen LogP contribution in [0.1, 0.15) is 35.4 Å². The normalized spacial score (nSPS) is 12.2. The fourth-order valence-electron chi connectivity index (χ4n) is 3.64. The van der Waals surface area contributed by atoms with Gasteiger partial charge in [-0.2, -0.15) is 0 Å². The zero-order chi connectivity index (χ0) is 22.1. The molecule has 8 heteroatoms. The molecule has 2 heterocycles. The Bertz CT molecular complexity index is 1320. The van der Waals surface area contributed by atoms with Crippen LogP contribution in [0.4, 0.5) is 0 Å². The predicted octanol–water partition coefficient (Wildman–Crippen LogP) is 3.37. The van der Waals surface area contributed by atoms with Crippen molar-refractivity contribution in [3.05, 3.63) is 71.1 Å². The minimum absolute atomic E-state index is 0.00116. The lowest BCUT2D eigenvalue weighted by atomic mass is 9.99. The van der Waals surface area contributed by atoms with Crippen molar-refractivity contribution in [3.63, 3.8) is 0 Å². The average Bonchev–Trinajstić information content (AvgIpc) is 3.33. The number of amidine groups is 2. The van der Waals surface area contributed by atoms with Gasteiger partial charge < -0.3 is 25.6 Å². The van der Waals surface area contributed by atoms with Gasteiger partial charge in [0.2, 0.25) is 0 Å². The Morgan fingerprint density at radius 2 is 1.71 bits per heavy atom. The summed E-state index contributed by atoms with van der Waals surface area (Å²) in [5.74, 6) is -0.571. The van der Waals surface area contributed by atoms with Gasteiger partial charge in [-0.05, 0) is 55.5 Å². The van der Waals surface area contributed by atoms with E-state index in [0.29, 0.717) is 28.9 Å². The van der Waals surface area contributed by atoms with Crippen LogP contribution >= 0.6 is 0 Å². The van der Waals surface area contributed by atoms with Crippen LogP contribution in [0.15, 0.2) is 52.9 Å². The zero-order valence-corrected chi connectivity index (χ0v) is 17.0. The third-order valence-corrected chi connectivity index (χ3v) is 5.17. The first-order valence-corrected chi connectivity index (χ1v) is 9.86. The van der Waals surface area contributed by atoms with Crippen LogP contribution in [0.3, 0.4) is 0 Å². The van der Waals surface area contributed by atoms with E-state index in [1.54, 1.807) is 37.3 Å². The summed E-state index contributed by atoms with van der Waals surface area (Å²) < 4.78 is 11.3. The molecule has 0 bridgehead atoms. The van der Waals surface area contributed by atoms with Gasteiger partial charge in [0.25, 0.3) is 0 Å². The molecule has 1 unspecified atom stereocenters. The number of hydrogen-bond acceptors (Lipinski definition) is 5. The molecule has 0 radical (unpaired) electrons. The third-order valence-electron chi connectivity index (χ3n) is 5.17. The van der Waals surface area contributed by atoms with Crippen LogP contribution in [0, 0.1) is 10.8 Å². The van der Waals surface area contributed by atoms with E-state index in [9.17, 15) is 4.79 Å². The van der Waals surface area contributed by atoms with Crippen molar-refractivity contribution in [2.24, 2.45) is 11.5 Å². The van der Waals surface area contributed by atoms with Crippen molar-refractivity contribution in [2.75, 3.05) is 6.61 Å². The van der Waals surface area contributed by atoms with Crippen molar-refractivity contribution in [1.82, 2.24) is 4.98 Å². The van der Waals surface area contributed by atoms with Crippen molar-refractivity contribution < 1.29 is 13.9 Å². The highest BCUT2D eigenvalue weighted by atomic mass is 16.5. The molecular weight excluding hydrogens is 394 g/mol. The number of fused-ring (bicyclic) bond motifs is 2. The van der Waals surface area contributed by atoms with E-state index in [-0.39, 0.29) is 24.2 Å². The van der Waals surface area contributed by atoms with Crippen molar-refractivity contribution in [3.8, 4) is 0 Å². The molecule has 8 nitrogen and oxygen atoms in total. The number of carbonyl (C=O) groups is 1. The van der Waals surface area contributed by atoms with Crippen LogP contribution in [-0.2, 0) is 16.0 Å². The molecule has 1 atom stereocenters. The molecule has 0 aliphatic carbocycles. The fourth-order valence-corrected chi connectivity index (χ4v) is 3.64. The fraction of sp³-hybridized carbons (Fsp3) is 0.174. The van der Waals surface area contributed by atoms with Gasteiger partial charge in [0.1, 0.15) is 28.9 Å². The first-order valence-electron chi connectivity index (χ1n) is 9.86. The van der Waals surface area contributed by atoms with Crippen LogP contribution in [-0.4, -0.2) is 29.2 Å². The summed E-state index contributed by atoms with van der Waals surface area (Å²) >= 11 is 0. The zero-order valence-electron chi connectivity index (χ0n) is 17.0. The largest absolute Gasteiger partial charge is 0.465 e. The summed E-state index contributed by atoms with van der Waals surface area (Å²) in [6.07, 6.45) is 0.350. The summed E-state index contributed by atoms with van der Waals surface area (Å²) in [4.78, 5) is 16.1. The number of carbonyl (C=O) groups excluding carboxylic acids is 1. The lowest BCUT2D eigenvalue weighted by Gasteiger charge is -2.12. The second-order valence-electron chi connectivity index (χ2n) is 7.33. The first kappa shape index (κ1) is 20.2. The second kappa shape index (κ2) is 7.98. The molecule has 0 amide bonds. The third kappa shape index (κ3) is 4.00. The maximum Gasteiger partial charge on any atom is 0.317 e. The monoisotopic (exact) mass is 417 g/mol. The number of aromatic nitrogens is 1. The lowest BCUT2D eigenvalue weighted by Crippen LogP contribution is -2.18. The van der Waals surface area contributed by atoms with Crippen molar-refractivity contribution in [1.29, 1.82) is 10.8 Å².